The zero-order valence-corrected chi connectivity index (χ0v) is 5.12. The second-order valence-electron chi connectivity index (χ2n) is 1.25. The molecule has 4 nitrogen and oxygen atoms in total. The molecule has 0 aromatic rings. The zero-order valence-electron chi connectivity index (χ0n) is 4.30. The topological polar surface area (TPSA) is 64.6 Å². The second-order valence-corrected chi connectivity index (χ2v) is 1.86. The van der Waals surface area contributed by atoms with E-state index in [1.165, 1.54) is 7.05 Å². The van der Waals surface area contributed by atoms with Crippen LogP contribution < -0.4 is 10.0 Å². The first-order chi connectivity index (χ1) is 3.55. The predicted octanol–water partition coefficient (Wildman–Crippen LogP) is -3.03. The van der Waals surface area contributed by atoms with Crippen LogP contribution in [-0.2, 0) is 22.4 Å². The molecule has 5 heteroatoms. The van der Waals surface area contributed by atoms with Gasteiger partial charge in [0.2, 0.25) is 0 Å². The Morgan fingerprint density at radius 1 is 1.62 bits per heavy atom. The van der Waals surface area contributed by atoms with Crippen molar-refractivity contribution in [3.63, 3.8) is 0 Å². The number of rotatable bonds is 0. The highest BCUT2D eigenvalue weighted by atomic mass is 32.1. The van der Waals surface area contributed by atoms with Gasteiger partial charge in [-0.05, 0) is 0 Å². The smallest absolute Gasteiger partial charge is 0.384 e. The fraction of sp³-hybridized carbons (Fsp3) is 0.333. The van der Waals surface area contributed by atoms with Crippen molar-refractivity contribution < 1.29 is 13.9 Å². The number of hydrogen-bond acceptors (Lipinski definition) is 3. The molecule has 3 N–H and O–H groups in total. The predicted molar refractivity (Wildman–Crippen MR) is 28.5 cm³/mol. The molecule has 0 aliphatic rings. The van der Waals surface area contributed by atoms with Crippen molar-refractivity contribution in [1.82, 2.24) is 0 Å². The van der Waals surface area contributed by atoms with Crippen LogP contribution in [0.4, 0.5) is 0 Å². The summed E-state index contributed by atoms with van der Waals surface area (Å²) < 4.78 is 0.0116. The summed E-state index contributed by atoms with van der Waals surface area (Å²) in [6.45, 7) is 0. The normalized spacial score (nSPS) is 12.8. The first-order valence-electron chi connectivity index (χ1n) is 1.90. The highest BCUT2D eigenvalue weighted by Crippen LogP contribution is 1.47. The van der Waals surface area contributed by atoms with Gasteiger partial charge in [0.25, 0.3) is 0 Å². The number of amides is 2. The van der Waals surface area contributed by atoms with Gasteiger partial charge in [-0.15, -0.1) is 0 Å². The van der Waals surface area contributed by atoms with E-state index in [0.29, 0.717) is 0 Å². The fourth-order valence-electron chi connectivity index (χ4n) is 0.173. The van der Waals surface area contributed by atoms with E-state index in [1.807, 2.05) is 0 Å². The first kappa shape index (κ1) is 7.45. The van der Waals surface area contributed by atoms with E-state index < -0.39 is 11.8 Å². The number of likely N-dealkylation sites (N-methyl/N-ethyl adjacent to an activating group) is 1. The lowest BCUT2D eigenvalue weighted by Gasteiger charge is -2.09. The van der Waals surface area contributed by atoms with Gasteiger partial charge < -0.3 is 22.9 Å². The van der Waals surface area contributed by atoms with Crippen LogP contribution in [0.2, 0.25) is 0 Å². The van der Waals surface area contributed by atoms with E-state index in [1.54, 1.807) is 0 Å². The van der Waals surface area contributed by atoms with Crippen LogP contribution in [0.5, 0.6) is 0 Å². The zero-order chi connectivity index (χ0) is 6.73. The van der Waals surface area contributed by atoms with Crippen LogP contribution in [0.1, 0.15) is 0 Å². The molecule has 46 valence electrons. The molecule has 0 aromatic heterocycles. The van der Waals surface area contributed by atoms with Gasteiger partial charge in [-0.3, -0.25) is 4.79 Å². The van der Waals surface area contributed by atoms with Crippen molar-refractivity contribution >= 4 is 24.6 Å². The summed E-state index contributed by atoms with van der Waals surface area (Å²) in [4.78, 5) is 20.2. The monoisotopic (exact) mass is 134 g/mol. The lowest BCUT2D eigenvalue weighted by molar-refractivity contribution is -0.635. The van der Waals surface area contributed by atoms with Crippen molar-refractivity contribution in [1.29, 1.82) is 0 Å². The van der Waals surface area contributed by atoms with Crippen LogP contribution in [-0.4, -0.2) is 18.9 Å². The minimum absolute atomic E-state index is 0.0116. The summed E-state index contributed by atoms with van der Waals surface area (Å²) in [5.41, 5.74) is 4.56. The Morgan fingerprint density at radius 3 is 2.00 bits per heavy atom. The van der Waals surface area contributed by atoms with Crippen LogP contribution in [0.3, 0.4) is 0 Å². The summed E-state index contributed by atoms with van der Waals surface area (Å²) >= 11 is 4.34. The molecule has 1 atom stereocenters. The van der Waals surface area contributed by atoms with Crippen LogP contribution >= 0.6 is 0 Å². The Balaban J connectivity index is 3.84. The molecular weight excluding hydrogens is 128 g/mol. The number of nitrogens with one attached hydrogen (secondary N) is 1. The molecule has 0 bridgehead atoms. The van der Waals surface area contributed by atoms with E-state index in [2.05, 4.69) is 18.5 Å². The van der Waals surface area contributed by atoms with Gasteiger partial charge in [0.1, 0.15) is 0 Å². The summed E-state index contributed by atoms with van der Waals surface area (Å²) in [5, 5.41) is 0. The highest BCUT2D eigenvalue weighted by Gasteiger charge is 2.10. The number of carbonyl (C=O) groups excluding carboxylic acids is 2. The molecule has 0 saturated heterocycles. The van der Waals surface area contributed by atoms with E-state index in [4.69, 9.17) is 0 Å². The Kier molecular flexibility index (Phi) is 2.50. The Hall–Kier alpha value is -0.550. The van der Waals surface area contributed by atoms with Gasteiger partial charge in [-0.25, -0.2) is 4.79 Å². The van der Waals surface area contributed by atoms with Crippen molar-refractivity contribution in [3.05, 3.63) is 0 Å². The van der Waals surface area contributed by atoms with Gasteiger partial charge >= 0.3 is 11.8 Å². The first-order valence-corrected chi connectivity index (χ1v) is 2.31. The molecule has 0 radical (unpaired) electrons. The second kappa shape index (κ2) is 2.68. The molecule has 1 unspecified atom stereocenters. The minimum Gasteiger partial charge on any atom is -0.487 e. The molecule has 0 aliphatic carbocycles. The van der Waals surface area contributed by atoms with Crippen molar-refractivity contribution in [2.75, 3.05) is 7.05 Å². The molecule has 0 saturated carbocycles. The molecule has 0 aliphatic heterocycles. The SMILES string of the molecule is C[NH+]([S-])C(=O)C(N)=O. The number of nitrogens with two attached hydrogens (primary N) is 1. The quantitative estimate of drug-likeness (QED) is 0.274. The van der Waals surface area contributed by atoms with E-state index >= 15 is 0 Å². The third kappa shape index (κ3) is 1.94. The highest BCUT2D eigenvalue weighted by molar-refractivity contribution is 7.51. The third-order valence-corrected chi connectivity index (χ3v) is 0.729. The van der Waals surface area contributed by atoms with Crippen molar-refractivity contribution in [3.8, 4) is 0 Å². The third-order valence-electron chi connectivity index (χ3n) is 0.544. The molecule has 2 amide bonds. The molecule has 8 heavy (non-hydrogen) atoms. The van der Waals surface area contributed by atoms with Crippen molar-refractivity contribution in [2.45, 2.75) is 0 Å². The van der Waals surface area contributed by atoms with Crippen LogP contribution in [0.25, 0.3) is 0 Å². The average Bonchev–Trinajstić information content (AvgIpc) is 1.64. The largest absolute Gasteiger partial charge is 0.487 e. The number of carbonyl (C=O) groups is 2. The van der Waals surface area contributed by atoms with Gasteiger partial charge in [-0.2, -0.15) is 0 Å². The molecule has 0 rings (SSSR count). The molecule has 0 aromatic carbocycles. The Labute approximate surface area is 52.2 Å². The minimum atomic E-state index is -0.988. The maximum absolute atomic E-state index is 10.2. The van der Waals surface area contributed by atoms with Crippen LogP contribution in [0.15, 0.2) is 0 Å². The lowest BCUT2D eigenvalue weighted by atomic mass is 10.6. The summed E-state index contributed by atoms with van der Waals surface area (Å²) in [6.07, 6.45) is 0. The van der Waals surface area contributed by atoms with Crippen LogP contribution in [0, 0.1) is 0 Å². The maximum atomic E-state index is 10.2. The Morgan fingerprint density at radius 2 is 2.00 bits per heavy atom. The van der Waals surface area contributed by atoms with Gasteiger partial charge in [0.05, 0.1) is 7.05 Å². The fourth-order valence-corrected chi connectivity index (χ4v) is 0.274. The standard InChI is InChI=1S/C3H6N2O2S/c1-5(8)3(7)2(4)6/h5H,1H3,(H2,4,6). The van der Waals surface area contributed by atoms with Gasteiger partial charge in [0, 0.05) is 0 Å². The molecule has 0 fully saturated rings. The lowest BCUT2D eigenvalue weighted by Crippen LogP contribution is -3.08. The van der Waals surface area contributed by atoms with E-state index in [9.17, 15) is 9.59 Å². The summed E-state index contributed by atoms with van der Waals surface area (Å²) in [5.74, 6) is -1.77. The molecule has 0 spiro atoms. The van der Waals surface area contributed by atoms with E-state index in [0.717, 1.165) is 0 Å². The Bertz CT molecular complexity index is 122. The maximum Gasteiger partial charge on any atom is 0.384 e. The number of hydrogen-bond donors (Lipinski definition) is 2. The average molecular weight is 134 g/mol. The number of primary amides is 1. The van der Waals surface area contributed by atoms with Gasteiger partial charge in [0.15, 0.2) is 0 Å². The summed E-state index contributed by atoms with van der Waals surface area (Å²) in [6, 6.07) is 0. The number of quaternary nitrogens is 1. The molecular formula is C3H6N2O2S. The van der Waals surface area contributed by atoms with E-state index in [-0.39, 0.29) is 4.31 Å². The summed E-state index contributed by atoms with van der Waals surface area (Å²) in [7, 11) is 1.36. The van der Waals surface area contributed by atoms with Gasteiger partial charge in [-0.1, -0.05) is 0 Å². The molecule has 0 heterocycles. The van der Waals surface area contributed by atoms with Crippen molar-refractivity contribution in [2.24, 2.45) is 5.73 Å².